The first-order chi connectivity index (χ1) is 10.0. The predicted octanol–water partition coefficient (Wildman–Crippen LogP) is 2.39. The molecule has 21 heavy (non-hydrogen) atoms. The molecule has 1 unspecified atom stereocenters. The molecule has 0 saturated carbocycles. The molecule has 2 rings (SSSR count). The third kappa shape index (κ3) is 3.70. The molecule has 0 spiro atoms. The average molecular weight is 288 g/mol. The van der Waals surface area contributed by atoms with Crippen LogP contribution in [0.4, 0.5) is 0 Å². The van der Waals surface area contributed by atoms with Gasteiger partial charge in [-0.2, -0.15) is 4.98 Å². The van der Waals surface area contributed by atoms with Gasteiger partial charge in [0.15, 0.2) is 0 Å². The van der Waals surface area contributed by atoms with Gasteiger partial charge in [-0.3, -0.25) is 0 Å². The fourth-order valence-corrected chi connectivity index (χ4v) is 2.35. The molecule has 1 atom stereocenters. The fraction of sp³-hybridized carbons (Fsp3) is 0.375. The van der Waals surface area contributed by atoms with Crippen LogP contribution in [0.2, 0.25) is 0 Å². The second-order valence-electron chi connectivity index (χ2n) is 5.02. The lowest BCUT2D eigenvalue weighted by Gasteiger charge is -2.14. The van der Waals surface area contributed by atoms with Gasteiger partial charge >= 0.3 is 0 Å². The Morgan fingerprint density at radius 2 is 1.76 bits per heavy atom. The topological polar surface area (TPSA) is 64.5 Å². The standard InChI is InChI=1S/C16H20N2O3/c1-10-5-11(2)7-12(6-10)8-13(19)15-16(21-4)18-14(20-3)9-17-15/h5-7,9,13,19H,8H2,1-4H3. The zero-order valence-corrected chi connectivity index (χ0v) is 12.8. The van der Waals surface area contributed by atoms with E-state index in [1.165, 1.54) is 31.5 Å². The summed E-state index contributed by atoms with van der Waals surface area (Å²) in [6, 6.07) is 6.21. The van der Waals surface area contributed by atoms with E-state index in [0.29, 0.717) is 18.0 Å². The van der Waals surface area contributed by atoms with Gasteiger partial charge in [0, 0.05) is 6.42 Å². The summed E-state index contributed by atoms with van der Waals surface area (Å²) in [6.07, 6.45) is 1.15. The van der Waals surface area contributed by atoms with Crippen molar-refractivity contribution in [3.05, 3.63) is 46.8 Å². The maximum absolute atomic E-state index is 10.4. The van der Waals surface area contributed by atoms with Crippen LogP contribution in [0.15, 0.2) is 24.4 Å². The van der Waals surface area contributed by atoms with E-state index in [1.807, 2.05) is 13.8 Å². The van der Waals surface area contributed by atoms with Gasteiger partial charge in [-0.05, 0) is 19.4 Å². The number of aliphatic hydroxyl groups is 1. The smallest absolute Gasteiger partial charge is 0.241 e. The zero-order valence-electron chi connectivity index (χ0n) is 12.8. The highest BCUT2D eigenvalue weighted by Crippen LogP contribution is 2.26. The molecule has 0 aliphatic heterocycles. The molecule has 1 N–H and O–H groups in total. The van der Waals surface area contributed by atoms with Crippen molar-refractivity contribution >= 4 is 0 Å². The van der Waals surface area contributed by atoms with Crippen molar-refractivity contribution in [2.75, 3.05) is 14.2 Å². The van der Waals surface area contributed by atoms with E-state index in [1.54, 1.807) is 0 Å². The van der Waals surface area contributed by atoms with Crippen LogP contribution in [0, 0.1) is 13.8 Å². The third-order valence-electron chi connectivity index (χ3n) is 3.17. The highest BCUT2D eigenvalue weighted by atomic mass is 16.5. The van der Waals surface area contributed by atoms with E-state index in [4.69, 9.17) is 9.47 Å². The molecule has 1 aromatic carbocycles. The summed E-state index contributed by atoms with van der Waals surface area (Å²) >= 11 is 0. The van der Waals surface area contributed by atoms with Gasteiger partial charge in [0.05, 0.1) is 20.4 Å². The number of methoxy groups -OCH3 is 2. The minimum Gasteiger partial charge on any atom is -0.480 e. The summed E-state index contributed by atoms with van der Waals surface area (Å²) in [6.45, 7) is 4.08. The maximum Gasteiger partial charge on any atom is 0.241 e. The summed E-state index contributed by atoms with van der Waals surface area (Å²) in [4.78, 5) is 8.34. The average Bonchev–Trinajstić information content (AvgIpc) is 2.45. The summed E-state index contributed by atoms with van der Waals surface area (Å²) in [5, 5.41) is 10.4. The molecule has 1 heterocycles. The Hall–Kier alpha value is -2.14. The highest BCUT2D eigenvalue weighted by Gasteiger charge is 2.18. The molecule has 0 aliphatic carbocycles. The molecular weight excluding hydrogens is 268 g/mol. The van der Waals surface area contributed by atoms with E-state index in [-0.39, 0.29) is 5.88 Å². The van der Waals surface area contributed by atoms with Crippen LogP contribution in [-0.2, 0) is 6.42 Å². The molecule has 0 saturated heterocycles. The molecule has 5 nitrogen and oxygen atoms in total. The van der Waals surface area contributed by atoms with Crippen LogP contribution in [0.3, 0.4) is 0 Å². The summed E-state index contributed by atoms with van der Waals surface area (Å²) < 4.78 is 10.2. The molecule has 5 heteroatoms. The first-order valence-corrected chi connectivity index (χ1v) is 6.73. The second-order valence-corrected chi connectivity index (χ2v) is 5.02. The number of aliphatic hydroxyl groups excluding tert-OH is 1. The van der Waals surface area contributed by atoms with Crippen LogP contribution in [0.1, 0.15) is 28.5 Å². The lowest BCUT2D eigenvalue weighted by Crippen LogP contribution is -2.08. The molecule has 1 aromatic heterocycles. The van der Waals surface area contributed by atoms with Crippen molar-refractivity contribution in [3.8, 4) is 11.8 Å². The van der Waals surface area contributed by atoms with Gasteiger partial charge in [0.2, 0.25) is 11.8 Å². The van der Waals surface area contributed by atoms with Crippen LogP contribution in [0.5, 0.6) is 11.8 Å². The quantitative estimate of drug-likeness (QED) is 0.915. The molecule has 0 amide bonds. The van der Waals surface area contributed by atoms with Crippen molar-refractivity contribution < 1.29 is 14.6 Å². The van der Waals surface area contributed by atoms with Crippen molar-refractivity contribution in [2.45, 2.75) is 26.4 Å². The van der Waals surface area contributed by atoms with Gasteiger partial charge in [-0.1, -0.05) is 29.3 Å². The number of rotatable bonds is 5. The predicted molar refractivity (Wildman–Crippen MR) is 79.7 cm³/mol. The molecule has 0 radical (unpaired) electrons. The Morgan fingerprint density at radius 1 is 1.10 bits per heavy atom. The van der Waals surface area contributed by atoms with Gasteiger partial charge < -0.3 is 14.6 Å². The fourth-order valence-electron chi connectivity index (χ4n) is 2.35. The number of aryl methyl sites for hydroxylation is 2. The Morgan fingerprint density at radius 3 is 2.33 bits per heavy atom. The molecule has 112 valence electrons. The SMILES string of the molecule is COc1cnc(C(O)Cc2cc(C)cc(C)c2)c(OC)n1. The van der Waals surface area contributed by atoms with Crippen LogP contribution < -0.4 is 9.47 Å². The van der Waals surface area contributed by atoms with Gasteiger partial charge in [0.25, 0.3) is 0 Å². The van der Waals surface area contributed by atoms with Crippen LogP contribution >= 0.6 is 0 Å². The highest BCUT2D eigenvalue weighted by molar-refractivity contribution is 5.31. The second kappa shape index (κ2) is 6.54. The van der Waals surface area contributed by atoms with Gasteiger partial charge in [-0.25, -0.2) is 4.98 Å². The van der Waals surface area contributed by atoms with Gasteiger partial charge in [0.1, 0.15) is 11.8 Å². The third-order valence-corrected chi connectivity index (χ3v) is 3.17. The summed E-state index contributed by atoms with van der Waals surface area (Å²) in [5.41, 5.74) is 3.81. The number of aromatic nitrogens is 2. The number of hydrogen-bond donors (Lipinski definition) is 1. The number of benzene rings is 1. The monoisotopic (exact) mass is 288 g/mol. The van der Waals surface area contributed by atoms with Gasteiger partial charge in [-0.15, -0.1) is 0 Å². The number of hydrogen-bond acceptors (Lipinski definition) is 5. The molecular formula is C16H20N2O3. The Kier molecular flexibility index (Phi) is 4.75. The number of ether oxygens (including phenoxy) is 2. The molecule has 0 fully saturated rings. The first kappa shape index (κ1) is 15.3. The van der Waals surface area contributed by atoms with Crippen molar-refractivity contribution in [1.82, 2.24) is 9.97 Å². The minimum atomic E-state index is -0.778. The Bertz CT molecular complexity index is 609. The zero-order chi connectivity index (χ0) is 15.4. The Balaban J connectivity index is 2.25. The molecule has 2 aromatic rings. The summed E-state index contributed by atoms with van der Waals surface area (Å²) in [7, 11) is 3.01. The largest absolute Gasteiger partial charge is 0.480 e. The van der Waals surface area contributed by atoms with Crippen molar-refractivity contribution in [1.29, 1.82) is 0 Å². The first-order valence-electron chi connectivity index (χ1n) is 6.73. The van der Waals surface area contributed by atoms with E-state index in [2.05, 4.69) is 28.2 Å². The lowest BCUT2D eigenvalue weighted by atomic mass is 10.0. The minimum absolute atomic E-state index is 0.284. The maximum atomic E-state index is 10.4. The van der Waals surface area contributed by atoms with Crippen LogP contribution in [-0.4, -0.2) is 29.3 Å². The molecule has 0 bridgehead atoms. The van der Waals surface area contributed by atoms with E-state index in [0.717, 1.165) is 5.56 Å². The summed E-state index contributed by atoms with van der Waals surface area (Å²) in [5.74, 6) is 0.639. The van der Waals surface area contributed by atoms with Crippen LogP contribution in [0.25, 0.3) is 0 Å². The molecule has 0 aliphatic rings. The lowest BCUT2D eigenvalue weighted by molar-refractivity contribution is 0.167. The van der Waals surface area contributed by atoms with Crippen molar-refractivity contribution in [3.63, 3.8) is 0 Å². The number of nitrogens with zero attached hydrogens (tertiary/aromatic N) is 2. The normalized spacial score (nSPS) is 12.0. The van der Waals surface area contributed by atoms with Crippen molar-refractivity contribution in [2.24, 2.45) is 0 Å². The van der Waals surface area contributed by atoms with E-state index < -0.39 is 6.10 Å². The van der Waals surface area contributed by atoms with E-state index >= 15 is 0 Å². The Labute approximate surface area is 124 Å². The van der Waals surface area contributed by atoms with E-state index in [9.17, 15) is 5.11 Å².